The van der Waals surface area contributed by atoms with Gasteiger partial charge in [0, 0.05) is 12.1 Å². The maximum atomic E-state index is 10.7. The molecule has 1 aromatic heterocycles. The Hall–Kier alpha value is -1.62. The molecule has 0 bridgehead atoms. The number of hydrogen-bond donors (Lipinski definition) is 1. The van der Waals surface area contributed by atoms with Crippen molar-refractivity contribution in [1.29, 1.82) is 0 Å². The quantitative estimate of drug-likeness (QED) is 0.628. The Labute approximate surface area is 94.9 Å². The number of likely N-dealkylation sites (N-methyl/N-ethyl adjacent to an activating group) is 1. The molecule has 1 N–H and O–H groups in total. The van der Waals surface area contributed by atoms with Crippen molar-refractivity contribution in [3.8, 4) is 0 Å². The Morgan fingerprint density at radius 2 is 2.06 bits per heavy atom. The molecule has 5 heteroatoms. The van der Waals surface area contributed by atoms with Gasteiger partial charge in [-0.2, -0.15) is 0 Å². The van der Waals surface area contributed by atoms with Crippen molar-refractivity contribution < 1.29 is 4.92 Å². The third-order valence-electron chi connectivity index (χ3n) is 2.41. The third-order valence-corrected chi connectivity index (χ3v) is 2.41. The highest BCUT2D eigenvalue weighted by Crippen LogP contribution is 2.24. The van der Waals surface area contributed by atoms with Crippen LogP contribution in [0.25, 0.3) is 6.08 Å². The highest BCUT2D eigenvalue weighted by atomic mass is 16.6. The number of hydrogen-bond acceptors (Lipinski definition) is 3. The molecule has 0 aromatic carbocycles. The number of nitro groups is 1. The first-order valence-electron chi connectivity index (χ1n) is 5.08. The fourth-order valence-corrected chi connectivity index (χ4v) is 1.56. The highest BCUT2D eigenvalue weighted by Gasteiger charge is 2.17. The number of aromatic nitrogens is 1. The van der Waals surface area contributed by atoms with Crippen molar-refractivity contribution >= 4 is 11.9 Å². The van der Waals surface area contributed by atoms with Gasteiger partial charge in [0.1, 0.15) is 5.69 Å². The monoisotopic (exact) mass is 223 g/mol. The molecule has 16 heavy (non-hydrogen) atoms. The first-order chi connectivity index (χ1) is 7.43. The van der Waals surface area contributed by atoms with Crippen LogP contribution in [0.1, 0.15) is 16.8 Å². The topological polar surface area (TPSA) is 62.2 Å². The summed E-state index contributed by atoms with van der Waals surface area (Å²) >= 11 is 0. The van der Waals surface area contributed by atoms with Crippen molar-refractivity contribution in [3.63, 3.8) is 0 Å². The Kier molecular flexibility index (Phi) is 3.84. The van der Waals surface area contributed by atoms with E-state index in [-0.39, 0.29) is 10.7 Å². The van der Waals surface area contributed by atoms with Crippen LogP contribution in [0.5, 0.6) is 0 Å². The van der Waals surface area contributed by atoms with Crippen molar-refractivity contribution in [3.05, 3.63) is 33.0 Å². The van der Waals surface area contributed by atoms with Crippen LogP contribution in [0.2, 0.25) is 0 Å². The Morgan fingerprint density at radius 3 is 2.50 bits per heavy atom. The molecule has 0 aliphatic rings. The van der Waals surface area contributed by atoms with E-state index in [2.05, 4.69) is 4.98 Å². The zero-order valence-electron chi connectivity index (χ0n) is 10.1. The molecule has 1 rings (SSSR count). The van der Waals surface area contributed by atoms with E-state index in [0.717, 1.165) is 17.8 Å². The predicted octanol–water partition coefficient (Wildman–Crippen LogP) is 2.11. The summed E-state index contributed by atoms with van der Waals surface area (Å²) in [5.74, 6) is 0.0852. The maximum absolute atomic E-state index is 10.7. The molecular formula is C11H17N3O2. The molecular weight excluding hydrogens is 206 g/mol. The summed E-state index contributed by atoms with van der Waals surface area (Å²) in [5, 5.41) is 10.7. The SMILES string of the molecule is Cc1[nH]c([N+](=O)[O-])c(C)c1C=CCN(C)C. The molecule has 0 saturated heterocycles. The summed E-state index contributed by atoms with van der Waals surface area (Å²) in [6.07, 6.45) is 3.92. The largest absolute Gasteiger partial charge is 0.358 e. The Bertz CT molecular complexity index is 419. The third kappa shape index (κ3) is 2.70. The molecule has 0 amide bonds. The van der Waals surface area contributed by atoms with Crippen molar-refractivity contribution in [2.75, 3.05) is 20.6 Å². The molecule has 1 aromatic rings. The first kappa shape index (κ1) is 12.4. The Balaban J connectivity index is 2.97. The van der Waals surface area contributed by atoms with E-state index in [0.29, 0.717) is 5.56 Å². The van der Waals surface area contributed by atoms with Gasteiger partial charge in [-0.15, -0.1) is 0 Å². The van der Waals surface area contributed by atoms with Crippen molar-refractivity contribution in [2.45, 2.75) is 13.8 Å². The minimum atomic E-state index is -0.383. The van der Waals surface area contributed by atoms with Gasteiger partial charge in [-0.3, -0.25) is 0 Å². The normalized spacial score (nSPS) is 11.6. The number of aromatic amines is 1. The standard InChI is InChI=1S/C11H17N3O2/c1-8-10(6-5-7-13(3)4)9(2)12-11(8)14(15)16/h5-6,12H,7H2,1-4H3. The van der Waals surface area contributed by atoms with E-state index >= 15 is 0 Å². The van der Waals surface area contributed by atoms with Crippen molar-refractivity contribution in [2.24, 2.45) is 0 Å². The van der Waals surface area contributed by atoms with E-state index in [9.17, 15) is 10.1 Å². The maximum Gasteiger partial charge on any atom is 0.324 e. The van der Waals surface area contributed by atoms with Crippen LogP contribution >= 0.6 is 0 Å². The summed E-state index contributed by atoms with van der Waals surface area (Å²) in [6.45, 7) is 4.42. The number of H-pyrrole nitrogens is 1. The fourth-order valence-electron chi connectivity index (χ4n) is 1.56. The zero-order valence-corrected chi connectivity index (χ0v) is 10.1. The van der Waals surface area contributed by atoms with Gasteiger partial charge < -0.3 is 15.0 Å². The lowest BCUT2D eigenvalue weighted by Crippen LogP contribution is -2.10. The second kappa shape index (κ2) is 4.94. The summed E-state index contributed by atoms with van der Waals surface area (Å²) in [4.78, 5) is 15.1. The van der Waals surface area contributed by atoms with E-state index in [1.54, 1.807) is 6.92 Å². The molecule has 0 aliphatic heterocycles. The second-order valence-corrected chi connectivity index (χ2v) is 4.06. The predicted molar refractivity (Wildman–Crippen MR) is 64.5 cm³/mol. The van der Waals surface area contributed by atoms with Crippen molar-refractivity contribution in [1.82, 2.24) is 9.88 Å². The lowest BCUT2D eigenvalue weighted by Gasteiger charge is -2.03. The van der Waals surface area contributed by atoms with E-state index in [1.807, 2.05) is 38.1 Å². The summed E-state index contributed by atoms with van der Waals surface area (Å²) in [7, 11) is 3.95. The molecule has 0 saturated carbocycles. The smallest absolute Gasteiger partial charge is 0.324 e. The summed E-state index contributed by atoms with van der Waals surface area (Å²) < 4.78 is 0. The fraction of sp³-hybridized carbons (Fsp3) is 0.455. The van der Waals surface area contributed by atoms with Gasteiger partial charge in [0.2, 0.25) is 0 Å². The van der Waals surface area contributed by atoms with Gasteiger partial charge in [-0.1, -0.05) is 12.2 Å². The molecule has 1 heterocycles. The van der Waals surface area contributed by atoms with Crippen LogP contribution in [0, 0.1) is 24.0 Å². The number of aryl methyl sites for hydroxylation is 1. The lowest BCUT2D eigenvalue weighted by molar-refractivity contribution is -0.389. The van der Waals surface area contributed by atoms with Gasteiger partial charge in [-0.25, -0.2) is 4.98 Å². The van der Waals surface area contributed by atoms with Crippen LogP contribution in [-0.4, -0.2) is 35.4 Å². The van der Waals surface area contributed by atoms with E-state index in [4.69, 9.17) is 0 Å². The molecule has 0 atom stereocenters. The van der Waals surface area contributed by atoms with Crippen LogP contribution in [0.15, 0.2) is 6.08 Å². The summed E-state index contributed by atoms with van der Waals surface area (Å²) in [6, 6.07) is 0. The van der Waals surface area contributed by atoms with Gasteiger partial charge in [0.25, 0.3) is 0 Å². The molecule has 5 nitrogen and oxygen atoms in total. The second-order valence-electron chi connectivity index (χ2n) is 4.06. The van der Waals surface area contributed by atoms with Crippen LogP contribution in [-0.2, 0) is 0 Å². The Morgan fingerprint density at radius 1 is 1.44 bits per heavy atom. The van der Waals surface area contributed by atoms with Crippen LogP contribution in [0.4, 0.5) is 5.82 Å². The molecule has 0 radical (unpaired) electrons. The summed E-state index contributed by atoms with van der Waals surface area (Å²) in [5.41, 5.74) is 2.44. The molecule has 0 aliphatic carbocycles. The number of rotatable bonds is 4. The zero-order chi connectivity index (χ0) is 12.3. The van der Waals surface area contributed by atoms with Gasteiger partial charge in [0.15, 0.2) is 0 Å². The molecule has 0 fully saturated rings. The molecule has 0 spiro atoms. The van der Waals surface area contributed by atoms with E-state index in [1.165, 1.54) is 0 Å². The van der Waals surface area contributed by atoms with Crippen LogP contribution < -0.4 is 0 Å². The van der Waals surface area contributed by atoms with E-state index < -0.39 is 0 Å². The average Bonchev–Trinajstić information content (AvgIpc) is 2.44. The highest BCUT2D eigenvalue weighted by molar-refractivity contribution is 5.61. The number of nitrogens with zero attached hydrogens (tertiary/aromatic N) is 2. The number of nitrogens with one attached hydrogen (secondary N) is 1. The minimum Gasteiger partial charge on any atom is -0.358 e. The van der Waals surface area contributed by atoms with Gasteiger partial charge >= 0.3 is 5.82 Å². The molecule has 0 unspecified atom stereocenters. The molecule has 88 valence electrons. The van der Waals surface area contributed by atoms with Gasteiger partial charge in [-0.05, 0) is 32.9 Å². The minimum absolute atomic E-state index is 0.0852. The average molecular weight is 223 g/mol. The first-order valence-corrected chi connectivity index (χ1v) is 5.08. The lowest BCUT2D eigenvalue weighted by atomic mass is 10.1. The van der Waals surface area contributed by atoms with Gasteiger partial charge in [0.05, 0.1) is 5.56 Å². The van der Waals surface area contributed by atoms with Crippen LogP contribution in [0.3, 0.4) is 0 Å².